The zero-order valence-electron chi connectivity index (χ0n) is 8.37. The van der Waals surface area contributed by atoms with Crippen LogP contribution in [0.2, 0.25) is 0 Å². The summed E-state index contributed by atoms with van der Waals surface area (Å²) in [5.74, 6) is 0.0477. The van der Waals surface area contributed by atoms with E-state index in [2.05, 4.69) is 27.0 Å². The molecular formula is C11H10BrNO2S. The van der Waals surface area contributed by atoms with Crippen LogP contribution in [0.15, 0.2) is 28.7 Å². The minimum atomic E-state index is -0.776. The number of carboxylic acids is 1. The quantitative estimate of drug-likeness (QED) is 0.911. The Hall–Kier alpha value is -0.940. The Labute approximate surface area is 105 Å². The molecule has 2 aromatic rings. The predicted octanol–water partition coefficient (Wildman–Crippen LogP) is 3.25. The fourth-order valence-corrected chi connectivity index (χ4v) is 2.64. The molecule has 1 aromatic carbocycles. The maximum absolute atomic E-state index is 10.4. The third kappa shape index (κ3) is 2.59. The van der Waals surface area contributed by atoms with E-state index in [4.69, 9.17) is 5.11 Å². The molecule has 1 heterocycles. The van der Waals surface area contributed by atoms with Gasteiger partial charge in [-0.2, -0.15) is 0 Å². The molecule has 0 bridgehead atoms. The SMILES string of the molecule is O=C(O)CSCc1cc2cccc(Br)c2[nH]1. The summed E-state index contributed by atoms with van der Waals surface area (Å²) in [4.78, 5) is 13.7. The molecule has 0 fully saturated rings. The Balaban J connectivity index is 2.14. The van der Waals surface area contributed by atoms with Crippen molar-refractivity contribution in [2.45, 2.75) is 5.75 Å². The number of hydrogen-bond acceptors (Lipinski definition) is 2. The van der Waals surface area contributed by atoms with Crippen LogP contribution in [-0.4, -0.2) is 21.8 Å². The maximum atomic E-state index is 10.4. The van der Waals surface area contributed by atoms with Crippen LogP contribution < -0.4 is 0 Å². The van der Waals surface area contributed by atoms with Gasteiger partial charge in [0.05, 0.1) is 11.3 Å². The number of hydrogen-bond donors (Lipinski definition) is 2. The Morgan fingerprint density at radius 2 is 2.31 bits per heavy atom. The number of H-pyrrole nitrogens is 1. The van der Waals surface area contributed by atoms with Crippen molar-refractivity contribution in [3.8, 4) is 0 Å². The third-order valence-corrected chi connectivity index (χ3v) is 3.77. The summed E-state index contributed by atoms with van der Waals surface area (Å²) in [5.41, 5.74) is 2.11. The van der Waals surface area contributed by atoms with Crippen LogP contribution in [0.3, 0.4) is 0 Å². The van der Waals surface area contributed by atoms with Crippen LogP contribution >= 0.6 is 27.7 Å². The van der Waals surface area contributed by atoms with Crippen molar-refractivity contribution in [1.29, 1.82) is 0 Å². The molecule has 84 valence electrons. The van der Waals surface area contributed by atoms with E-state index in [9.17, 15) is 4.79 Å². The summed E-state index contributed by atoms with van der Waals surface area (Å²) in [6.07, 6.45) is 0. The van der Waals surface area contributed by atoms with Gasteiger partial charge in [-0.15, -0.1) is 11.8 Å². The number of thioether (sulfide) groups is 1. The lowest BCUT2D eigenvalue weighted by Crippen LogP contribution is -1.98. The smallest absolute Gasteiger partial charge is 0.313 e. The number of benzene rings is 1. The van der Waals surface area contributed by atoms with Crippen LogP contribution in [0.25, 0.3) is 10.9 Å². The van der Waals surface area contributed by atoms with E-state index >= 15 is 0 Å². The van der Waals surface area contributed by atoms with Crippen LogP contribution in [0, 0.1) is 0 Å². The highest BCUT2D eigenvalue weighted by Crippen LogP contribution is 2.25. The monoisotopic (exact) mass is 299 g/mol. The average molecular weight is 300 g/mol. The van der Waals surface area contributed by atoms with Crippen molar-refractivity contribution in [3.63, 3.8) is 0 Å². The molecule has 3 nitrogen and oxygen atoms in total. The molecule has 0 saturated carbocycles. The number of aromatic nitrogens is 1. The lowest BCUT2D eigenvalue weighted by molar-refractivity contribution is -0.133. The molecule has 16 heavy (non-hydrogen) atoms. The highest BCUT2D eigenvalue weighted by molar-refractivity contribution is 9.10. The van der Waals surface area contributed by atoms with Crippen LogP contribution in [0.5, 0.6) is 0 Å². The lowest BCUT2D eigenvalue weighted by Gasteiger charge is -1.95. The van der Waals surface area contributed by atoms with Gasteiger partial charge in [0.1, 0.15) is 0 Å². The Kier molecular flexibility index (Phi) is 3.56. The fraction of sp³-hybridized carbons (Fsp3) is 0.182. The summed E-state index contributed by atoms with van der Waals surface area (Å²) < 4.78 is 1.03. The van der Waals surface area contributed by atoms with E-state index in [0.29, 0.717) is 5.75 Å². The van der Waals surface area contributed by atoms with E-state index < -0.39 is 5.97 Å². The van der Waals surface area contributed by atoms with Gasteiger partial charge in [0.15, 0.2) is 0 Å². The topological polar surface area (TPSA) is 53.1 Å². The van der Waals surface area contributed by atoms with Crippen molar-refractivity contribution in [1.82, 2.24) is 4.98 Å². The molecule has 1 aromatic heterocycles. The summed E-state index contributed by atoms with van der Waals surface area (Å²) in [6, 6.07) is 8.04. The van der Waals surface area contributed by atoms with Gasteiger partial charge in [0.2, 0.25) is 0 Å². The van der Waals surface area contributed by atoms with Gasteiger partial charge in [-0.3, -0.25) is 4.79 Å². The first-order valence-electron chi connectivity index (χ1n) is 4.72. The number of para-hydroxylation sites is 1. The molecule has 0 unspecified atom stereocenters. The van der Waals surface area contributed by atoms with Crippen molar-refractivity contribution < 1.29 is 9.90 Å². The van der Waals surface area contributed by atoms with Crippen LogP contribution in [0.1, 0.15) is 5.69 Å². The first-order valence-corrected chi connectivity index (χ1v) is 6.67. The number of nitrogens with one attached hydrogen (secondary N) is 1. The Morgan fingerprint density at radius 1 is 1.50 bits per heavy atom. The zero-order valence-corrected chi connectivity index (χ0v) is 10.8. The van der Waals surface area contributed by atoms with Crippen molar-refractivity contribution in [2.75, 3.05) is 5.75 Å². The van der Waals surface area contributed by atoms with Gasteiger partial charge >= 0.3 is 5.97 Å². The average Bonchev–Trinajstić information content (AvgIpc) is 2.61. The number of rotatable bonds is 4. The largest absolute Gasteiger partial charge is 0.481 e. The van der Waals surface area contributed by atoms with Gasteiger partial charge < -0.3 is 10.1 Å². The van der Waals surface area contributed by atoms with Gasteiger partial charge in [-0.25, -0.2) is 0 Å². The summed E-state index contributed by atoms with van der Waals surface area (Å²) in [7, 11) is 0. The normalized spacial score (nSPS) is 10.8. The fourth-order valence-electron chi connectivity index (χ4n) is 1.50. The molecule has 2 N–H and O–H groups in total. The number of halogens is 1. The molecule has 0 aliphatic carbocycles. The van der Waals surface area contributed by atoms with Crippen LogP contribution in [-0.2, 0) is 10.5 Å². The highest BCUT2D eigenvalue weighted by Gasteiger charge is 2.04. The predicted molar refractivity (Wildman–Crippen MR) is 69.8 cm³/mol. The van der Waals surface area contributed by atoms with E-state index in [1.165, 1.54) is 11.8 Å². The van der Waals surface area contributed by atoms with Crippen LogP contribution in [0.4, 0.5) is 0 Å². The van der Waals surface area contributed by atoms with Crippen molar-refractivity contribution >= 4 is 44.6 Å². The van der Waals surface area contributed by atoms with Crippen molar-refractivity contribution in [3.05, 3.63) is 34.4 Å². The molecule has 2 rings (SSSR count). The molecular weight excluding hydrogens is 290 g/mol. The number of fused-ring (bicyclic) bond motifs is 1. The molecule has 0 spiro atoms. The highest BCUT2D eigenvalue weighted by atomic mass is 79.9. The second-order valence-corrected chi connectivity index (χ2v) is 5.23. The number of aliphatic carboxylic acids is 1. The molecule has 0 atom stereocenters. The van der Waals surface area contributed by atoms with E-state index in [1.54, 1.807) is 0 Å². The van der Waals surface area contributed by atoms with E-state index in [0.717, 1.165) is 21.1 Å². The van der Waals surface area contributed by atoms with Crippen molar-refractivity contribution in [2.24, 2.45) is 0 Å². The molecule has 0 aliphatic heterocycles. The summed E-state index contributed by atoms with van der Waals surface area (Å²) in [5, 5.41) is 9.68. The third-order valence-electron chi connectivity index (χ3n) is 2.14. The van der Waals surface area contributed by atoms with Gasteiger partial charge in [-0.05, 0) is 28.1 Å². The van der Waals surface area contributed by atoms with Gasteiger partial charge in [0.25, 0.3) is 0 Å². The molecule has 0 radical (unpaired) electrons. The molecule has 0 aliphatic rings. The Morgan fingerprint density at radius 3 is 3.00 bits per heavy atom. The molecule has 0 saturated heterocycles. The second kappa shape index (κ2) is 4.93. The summed E-state index contributed by atoms with van der Waals surface area (Å²) >= 11 is 4.86. The first kappa shape index (κ1) is 11.5. The minimum Gasteiger partial charge on any atom is -0.481 e. The zero-order chi connectivity index (χ0) is 11.5. The number of carbonyl (C=O) groups is 1. The van der Waals surface area contributed by atoms with E-state index in [1.807, 2.05) is 18.2 Å². The second-order valence-electron chi connectivity index (χ2n) is 3.39. The molecule has 0 amide bonds. The van der Waals surface area contributed by atoms with Gasteiger partial charge in [0, 0.05) is 21.3 Å². The first-order chi connectivity index (χ1) is 7.66. The Bertz CT molecular complexity index is 524. The number of carboxylic acid groups (broad SMARTS) is 1. The summed E-state index contributed by atoms with van der Waals surface area (Å²) in [6.45, 7) is 0. The number of aromatic amines is 1. The van der Waals surface area contributed by atoms with Gasteiger partial charge in [-0.1, -0.05) is 12.1 Å². The standard InChI is InChI=1S/C11H10BrNO2S/c12-9-3-1-2-7-4-8(13-11(7)9)5-16-6-10(14)15/h1-4,13H,5-6H2,(H,14,15). The van der Waals surface area contributed by atoms with E-state index in [-0.39, 0.29) is 5.75 Å². The maximum Gasteiger partial charge on any atom is 0.313 e. The lowest BCUT2D eigenvalue weighted by atomic mass is 10.2. The molecule has 5 heteroatoms. The minimum absolute atomic E-state index is 0.135.